The Bertz CT molecular complexity index is 672. The zero-order chi connectivity index (χ0) is 12.9. The zero-order valence-electron chi connectivity index (χ0n) is 9.90. The van der Waals surface area contributed by atoms with Crippen molar-refractivity contribution in [1.82, 2.24) is 10.2 Å². The largest absolute Gasteiger partial charge is 0.482 e. The first-order valence-corrected chi connectivity index (χ1v) is 5.81. The van der Waals surface area contributed by atoms with Gasteiger partial charge in [-0.25, -0.2) is 0 Å². The van der Waals surface area contributed by atoms with Gasteiger partial charge in [-0.3, -0.25) is 4.79 Å². The number of aromatic nitrogens is 2. The van der Waals surface area contributed by atoms with Crippen LogP contribution in [-0.2, 0) is 4.79 Å². The minimum absolute atomic E-state index is 0.0559. The highest BCUT2D eigenvalue weighted by Gasteiger charge is 2.23. The first kappa shape index (κ1) is 11.2. The summed E-state index contributed by atoms with van der Waals surface area (Å²) in [7, 11) is 1.71. The van der Waals surface area contributed by atoms with Gasteiger partial charge < -0.3 is 9.64 Å². The molecule has 3 rings (SSSR count). The number of aryl methyl sites for hydroxylation is 1. The Morgan fingerprint density at radius 1 is 1.33 bits per heavy atom. The van der Waals surface area contributed by atoms with Crippen molar-refractivity contribution in [2.45, 2.75) is 6.92 Å². The van der Waals surface area contributed by atoms with Gasteiger partial charge in [0.05, 0.1) is 11.4 Å². The number of carbonyl (C=O) groups is 1. The normalized spacial score (nSPS) is 14.6. The second-order valence-corrected chi connectivity index (χ2v) is 4.54. The molecule has 0 bridgehead atoms. The quantitative estimate of drug-likeness (QED) is 0.729. The lowest BCUT2D eigenvalue weighted by atomic mass is 10.1. The van der Waals surface area contributed by atoms with Crippen LogP contribution in [0.15, 0.2) is 12.1 Å². The summed E-state index contributed by atoms with van der Waals surface area (Å²) in [4.78, 5) is 13.1. The van der Waals surface area contributed by atoms with E-state index in [4.69, 9.17) is 16.3 Å². The zero-order valence-corrected chi connectivity index (χ0v) is 10.7. The van der Waals surface area contributed by atoms with Gasteiger partial charge in [0.1, 0.15) is 5.75 Å². The fraction of sp³-hybridized carbons (Fsp3) is 0.250. The van der Waals surface area contributed by atoms with Crippen molar-refractivity contribution in [3.63, 3.8) is 0 Å². The number of likely N-dealkylation sites (N-methyl/N-ethyl adjacent to an activating group) is 1. The van der Waals surface area contributed by atoms with Crippen molar-refractivity contribution in [2.75, 3.05) is 18.6 Å². The molecule has 0 radical (unpaired) electrons. The van der Waals surface area contributed by atoms with Crippen molar-refractivity contribution in [2.24, 2.45) is 0 Å². The highest BCUT2D eigenvalue weighted by atomic mass is 35.5. The fourth-order valence-electron chi connectivity index (χ4n) is 2.01. The van der Waals surface area contributed by atoms with E-state index in [9.17, 15) is 4.79 Å². The molecular weight excluding hydrogens is 254 g/mol. The molecule has 0 N–H and O–H groups in total. The molecule has 92 valence electrons. The van der Waals surface area contributed by atoms with Crippen molar-refractivity contribution in [3.05, 3.63) is 23.0 Å². The summed E-state index contributed by atoms with van der Waals surface area (Å²) in [5, 5.41) is 9.82. The first-order valence-electron chi connectivity index (χ1n) is 5.44. The third-order valence-electron chi connectivity index (χ3n) is 3.09. The SMILES string of the molecule is Cc1nnc(Cl)c2cc3c(cc12)OCC(=O)N3C. The van der Waals surface area contributed by atoms with E-state index in [2.05, 4.69) is 10.2 Å². The summed E-state index contributed by atoms with van der Waals surface area (Å²) in [5.41, 5.74) is 1.48. The monoisotopic (exact) mass is 263 g/mol. The van der Waals surface area contributed by atoms with E-state index in [1.807, 2.05) is 19.1 Å². The van der Waals surface area contributed by atoms with Gasteiger partial charge in [-0.05, 0) is 19.1 Å². The minimum Gasteiger partial charge on any atom is -0.482 e. The molecule has 2 aromatic rings. The molecule has 1 aromatic carbocycles. The van der Waals surface area contributed by atoms with Crippen LogP contribution in [0.4, 0.5) is 5.69 Å². The fourth-order valence-corrected chi connectivity index (χ4v) is 2.21. The second kappa shape index (κ2) is 3.81. The van der Waals surface area contributed by atoms with Crippen LogP contribution in [0.1, 0.15) is 5.69 Å². The summed E-state index contributed by atoms with van der Waals surface area (Å²) in [6.07, 6.45) is 0. The lowest BCUT2D eigenvalue weighted by Gasteiger charge is -2.26. The highest BCUT2D eigenvalue weighted by molar-refractivity contribution is 6.34. The molecule has 0 spiro atoms. The maximum absolute atomic E-state index is 11.6. The topological polar surface area (TPSA) is 55.3 Å². The summed E-state index contributed by atoms with van der Waals surface area (Å²) in [6.45, 7) is 1.91. The summed E-state index contributed by atoms with van der Waals surface area (Å²) >= 11 is 6.04. The van der Waals surface area contributed by atoms with E-state index in [0.717, 1.165) is 16.5 Å². The smallest absolute Gasteiger partial charge is 0.264 e. The van der Waals surface area contributed by atoms with Crippen LogP contribution in [0.25, 0.3) is 10.8 Å². The van der Waals surface area contributed by atoms with Crippen LogP contribution in [0.2, 0.25) is 5.15 Å². The van der Waals surface area contributed by atoms with Gasteiger partial charge in [0.2, 0.25) is 0 Å². The minimum atomic E-state index is -0.0864. The number of hydrogen-bond acceptors (Lipinski definition) is 4. The van der Waals surface area contributed by atoms with Gasteiger partial charge in [-0.1, -0.05) is 11.6 Å². The van der Waals surface area contributed by atoms with E-state index in [1.165, 1.54) is 0 Å². The number of hydrogen-bond donors (Lipinski definition) is 0. The summed E-state index contributed by atoms with van der Waals surface area (Å²) < 4.78 is 5.43. The van der Waals surface area contributed by atoms with Gasteiger partial charge in [0.15, 0.2) is 11.8 Å². The van der Waals surface area contributed by atoms with Crippen LogP contribution < -0.4 is 9.64 Å². The van der Waals surface area contributed by atoms with Gasteiger partial charge in [-0.15, -0.1) is 5.10 Å². The molecule has 1 aromatic heterocycles. The first-order chi connectivity index (χ1) is 8.58. The lowest BCUT2D eigenvalue weighted by Crippen LogP contribution is -2.35. The average Bonchev–Trinajstić information content (AvgIpc) is 2.37. The predicted molar refractivity (Wildman–Crippen MR) is 68.2 cm³/mol. The van der Waals surface area contributed by atoms with Gasteiger partial charge >= 0.3 is 0 Å². The number of carbonyl (C=O) groups excluding carboxylic acids is 1. The molecule has 1 aliphatic heterocycles. The van der Waals surface area contributed by atoms with E-state index in [-0.39, 0.29) is 12.5 Å². The number of ether oxygens (including phenoxy) is 1. The maximum atomic E-state index is 11.6. The summed E-state index contributed by atoms with van der Waals surface area (Å²) in [6, 6.07) is 3.66. The third-order valence-corrected chi connectivity index (χ3v) is 3.36. The Balaban J connectivity index is 2.34. The van der Waals surface area contributed by atoms with Gasteiger partial charge in [0.25, 0.3) is 5.91 Å². The van der Waals surface area contributed by atoms with Crippen molar-refractivity contribution < 1.29 is 9.53 Å². The molecule has 0 saturated carbocycles. The van der Waals surface area contributed by atoms with Crippen LogP contribution in [0.5, 0.6) is 5.75 Å². The number of amides is 1. The number of anilines is 1. The van der Waals surface area contributed by atoms with Crippen molar-refractivity contribution >= 4 is 34.0 Å². The highest BCUT2D eigenvalue weighted by Crippen LogP contribution is 2.37. The van der Waals surface area contributed by atoms with Crippen LogP contribution in [-0.4, -0.2) is 29.8 Å². The molecule has 5 nitrogen and oxygen atoms in total. The third kappa shape index (κ3) is 1.51. The molecule has 0 unspecified atom stereocenters. The molecule has 0 fully saturated rings. The van der Waals surface area contributed by atoms with Crippen molar-refractivity contribution in [1.29, 1.82) is 0 Å². The number of rotatable bonds is 0. The molecule has 0 aliphatic carbocycles. The summed E-state index contributed by atoms with van der Waals surface area (Å²) in [5.74, 6) is 0.577. The molecule has 2 heterocycles. The van der Waals surface area contributed by atoms with Crippen LogP contribution in [0.3, 0.4) is 0 Å². The van der Waals surface area contributed by atoms with E-state index < -0.39 is 0 Å². The molecular formula is C12H10ClN3O2. The standard InChI is InChI=1S/C12H10ClN3O2/c1-6-7-4-10-9(16(2)11(17)5-18-10)3-8(7)12(13)15-14-6/h3-4H,5H2,1-2H3. The Morgan fingerprint density at radius 3 is 2.89 bits per heavy atom. The van der Waals surface area contributed by atoms with Crippen molar-refractivity contribution in [3.8, 4) is 5.75 Å². The van der Waals surface area contributed by atoms with E-state index in [1.54, 1.807) is 11.9 Å². The Kier molecular flexibility index (Phi) is 2.38. The number of fused-ring (bicyclic) bond motifs is 2. The van der Waals surface area contributed by atoms with Crippen LogP contribution in [0, 0.1) is 6.92 Å². The number of halogens is 1. The van der Waals surface area contributed by atoms with Crippen LogP contribution >= 0.6 is 11.6 Å². The number of benzene rings is 1. The Labute approximate surface area is 108 Å². The number of nitrogens with zero attached hydrogens (tertiary/aromatic N) is 3. The average molecular weight is 264 g/mol. The van der Waals surface area contributed by atoms with E-state index >= 15 is 0 Å². The predicted octanol–water partition coefficient (Wildman–Crippen LogP) is 1.95. The molecule has 1 aliphatic rings. The second-order valence-electron chi connectivity index (χ2n) is 4.18. The molecule has 0 saturated heterocycles. The Morgan fingerprint density at radius 2 is 2.11 bits per heavy atom. The molecule has 0 atom stereocenters. The lowest BCUT2D eigenvalue weighted by molar-refractivity contribution is -0.120. The molecule has 18 heavy (non-hydrogen) atoms. The van der Waals surface area contributed by atoms with Gasteiger partial charge in [0, 0.05) is 17.8 Å². The molecule has 1 amide bonds. The van der Waals surface area contributed by atoms with E-state index in [0.29, 0.717) is 16.6 Å². The van der Waals surface area contributed by atoms with Gasteiger partial charge in [-0.2, -0.15) is 5.10 Å². The Hall–Kier alpha value is -1.88. The molecule has 6 heteroatoms. The maximum Gasteiger partial charge on any atom is 0.264 e.